The highest BCUT2D eigenvalue weighted by atomic mass is 15.3. The van der Waals surface area contributed by atoms with Crippen molar-refractivity contribution in [2.24, 2.45) is 0 Å². The quantitative estimate of drug-likeness (QED) is 0.841. The molecular formula is C19H30N4. The summed E-state index contributed by atoms with van der Waals surface area (Å²) in [6, 6.07) is 2.28. The Kier molecular flexibility index (Phi) is 5.25. The van der Waals surface area contributed by atoms with Gasteiger partial charge in [0.1, 0.15) is 0 Å². The Hall–Kier alpha value is -1.68. The Balaban J connectivity index is 2.11. The van der Waals surface area contributed by atoms with Crippen LogP contribution in [-0.4, -0.2) is 26.7 Å². The van der Waals surface area contributed by atoms with E-state index in [0.29, 0.717) is 0 Å². The molecule has 0 saturated carbocycles. The number of hydrogen-bond donors (Lipinski definition) is 0. The second kappa shape index (κ2) is 6.83. The summed E-state index contributed by atoms with van der Waals surface area (Å²) in [4.78, 5) is 6.75. The minimum atomic E-state index is 0.136. The predicted molar refractivity (Wildman–Crippen MR) is 95.5 cm³/mol. The highest BCUT2D eigenvalue weighted by Crippen LogP contribution is 2.22. The topological polar surface area (TPSA) is 34.0 Å². The Labute approximate surface area is 140 Å². The summed E-state index contributed by atoms with van der Waals surface area (Å²) in [5.74, 6) is 0. The molecule has 2 aromatic rings. The average Bonchev–Trinajstić information content (AvgIpc) is 2.74. The van der Waals surface area contributed by atoms with Crippen molar-refractivity contribution in [3.8, 4) is 0 Å². The van der Waals surface area contributed by atoms with E-state index in [9.17, 15) is 0 Å². The first-order valence-corrected chi connectivity index (χ1v) is 8.38. The molecule has 0 aliphatic heterocycles. The van der Waals surface area contributed by atoms with Crippen molar-refractivity contribution < 1.29 is 0 Å². The van der Waals surface area contributed by atoms with Crippen LogP contribution >= 0.6 is 0 Å². The maximum atomic E-state index is 4.61. The molecule has 0 amide bonds. The van der Waals surface area contributed by atoms with Crippen LogP contribution in [0.1, 0.15) is 55.8 Å². The molecule has 23 heavy (non-hydrogen) atoms. The average molecular weight is 314 g/mol. The molecule has 2 heterocycles. The van der Waals surface area contributed by atoms with Gasteiger partial charge in [-0.1, -0.05) is 26.8 Å². The van der Waals surface area contributed by atoms with E-state index in [4.69, 9.17) is 0 Å². The molecule has 0 bridgehead atoms. The standard InChI is InChI=1S/C19H30N4/c1-8-23-15(3)18(14(2)21-23)13-22(7)12-16-9-17(11-20-10-16)19(4,5)6/h9-11H,8,12-13H2,1-7H3. The molecular weight excluding hydrogens is 284 g/mol. The summed E-state index contributed by atoms with van der Waals surface area (Å²) >= 11 is 0. The molecule has 2 rings (SSSR count). The van der Waals surface area contributed by atoms with Crippen molar-refractivity contribution >= 4 is 0 Å². The lowest BCUT2D eigenvalue weighted by atomic mass is 9.87. The van der Waals surface area contributed by atoms with E-state index in [2.05, 4.69) is 74.3 Å². The molecule has 0 N–H and O–H groups in total. The molecule has 0 spiro atoms. The molecule has 4 heteroatoms. The van der Waals surface area contributed by atoms with Crippen LogP contribution in [-0.2, 0) is 25.0 Å². The monoisotopic (exact) mass is 314 g/mol. The summed E-state index contributed by atoms with van der Waals surface area (Å²) in [5.41, 5.74) is 6.44. The van der Waals surface area contributed by atoms with E-state index in [-0.39, 0.29) is 5.41 Å². The molecule has 0 aromatic carbocycles. The molecule has 0 aliphatic rings. The lowest BCUT2D eigenvalue weighted by molar-refractivity contribution is 0.317. The molecule has 0 aliphatic carbocycles. The first kappa shape index (κ1) is 17.7. The maximum absolute atomic E-state index is 4.61. The van der Waals surface area contributed by atoms with Crippen molar-refractivity contribution in [1.82, 2.24) is 19.7 Å². The third-order valence-corrected chi connectivity index (χ3v) is 4.37. The van der Waals surface area contributed by atoms with Crippen molar-refractivity contribution in [2.75, 3.05) is 7.05 Å². The van der Waals surface area contributed by atoms with Crippen LogP contribution in [0.5, 0.6) is 0 Å². The molecule has 4 nitrogen and oxygen atoms in total. The van der Waals surface area contributed by atoms with Gasteiger partial charge in [-0.15, -0.1) is 0 Å². The van der Waals surface area contributed by atoms with Gasteiger partial charge in [-0.3, -0.25) is 14.6 Å². The van der Waals surface area contributed by atoms with E-state index >= 15 is 0 Å². The van der Waals surface area contributed by atoms with Gasteiger partial charge in [0, 0.05) is 43.3 Å². The second-order valence-corrected chi connectivity index (χ2v) is 7.47. The van der Waals surface area contributed by atoms with Crippen molar-refractivity contribution in [1.29, 1.82) is 0 Å². The predicted octanol–water partition coefficient (Wildman–Crippen LogP) is 3.84. The summed E-state index contributed by atoms with van der Waals surface area (Å²) in [6.07, 6.45) is 3.95. The Morgan fingerprint density at radius 1 is 1.13 bits per heavy atom. The smallest absolute Gasteiger partial charge is 0.0641 e. The molecule has 0 unspecified atom stereocenters. The molecule has 0 fully saturated rings. The van der Waals surface area contributed by atoms with Gasteiger partial charge < -0.3 is 0 Å². The highest BCUT2D eigenvalue weighted by Gasteiger charge is 2.16. The lowest BCUT2D eigenvalue weighted by Gasteiger charge is -2.21. The number of aromatic nitrogens is 3. The number of hydrogen-bond acceptors (Lipinski definition) is 3. The molecule has 0 radical (unpaired) electrons. The third kappa shape index (κ3) is 4.20. The van der Waals surface area contributed by atoms with E-state index in [0.717, 1.165) is 25.3 Å². The number of nitrogens with zero attached hydrogens (tertiary/aromatic N) is 4. The largest absolute Gasteiger partial charge is 0.298 e. The molecule has 0 atom stereocenters. The normalized spacial score (nSPS) is 12.2. The fraction of sp³-hybridized carbons (Fsp3) is 0.579. The van der Waals surface area contributed by atoms with Crippen molar-refractivity contribution in [2.45, 2.75) is 66.6 Å². The van der Waals surface area contributed by atoms with Crippen LogP contribution in [0.4, 0.5) is 0 Å². The van der Waals surface area contributed by atoms with Gasteiger partial charge in [-0.25, -0.2) is 0 Å². The molecule has 126 valence electrons. The van der Waals surface area contributed by atoms with Crippen LogP contribution in [0.15, 0.2) is 18.5 Å². The Bertz CT molecular complexity index is 664. The van der Waals surface area contributed by atoms with E-state index in [1.807, 2.05) is 12.4 Å². The lowest BCUT2D eigenvalue weighted by Crippen LogP contribution is -2.19. The third-order valence-electron chi connectivity index (χ3n) is 4.37. The van der Waals surface area contributed by atoms with Crippen LogP contribution < -0.4 is 0 Å². The minimum absolute atomic E-state index is 0.136. The molecule has 2 aromatic heterocycles. The summed E-state index contributed by atoms with van der Waals surface area (Å²) < 4.78 is 2.08. The van der Waals surface area contributed by atoms with Crippen molar-refractivity contribution in [3.05, 3.63) is 46.5 Å². The number of pyridine rings is 1. The van der Waals surface area contributed by atoms with Gasteiger partial charge in [0.25, 0.3) is 0 Å². The first-order valence-electron chi connectivity index (χ1n) is 8.38. The fourth-order valence-corrected chi connectivity index (χ4v) is 2.89. The van der Waals surface area contributed by atoms with Gasteiger partial charge in [0.2, 0.25) is 0 Å². The fourth-order valence-electron chi connectivity index (χ4n) is 2.89. The zero-order chi connectivity index (χ0) is 17.2. The van der Waals surface area contributed by atoms with Gasteiger partial charge in [-0.2, -0.15) is 5.10 Å². The van der Waals surface area contributed by atoms with Crippen molar-refractivity contribution in [3.63, 3.8) is 0 Å². The maximum Gasteiger partial charge on any atom is 0.0641 e. The Morgan fingerprint density at radius 2 is 1.83 bits per heavy atom. The van der Waals surface area contributed by atoms with Crippen LogP contribution in [0.2, 0.25) is 0 Å². The second-order valence-electron chi connectivity index (χ2n) is 7.47. The van der Waals surface area contributed by atoms with Gasteiger partial charge >= 0.3 is 0 Å². The number of rotatable bonds is 5. The van der Waals surface area contributed by atoms with Crippen LogP contribution in [0.25, 0.3) is 0 Å². The minimum Gasteiger partial charge on any atom is -0.298 e. The van der Waals surface area contributed by atoms with Crippen LogP contribution in [0.3, 0.4) is 0 Å². The molecule has 0 saturated heterocycles. The Morgan fingerprint density at radius 3 is 2.39 bits per heavy atom. The summed E-state index contributed by atoms with van der Waals surface area (Å²) in [7, 11) is 2.16. The summed E-state index contributed by atoms with van der Waals surface area (Å²) in [5, 5.41) is 4.61. The zero-order valence-electron chi connectivity index (χ0n) is 15.6. The van der Waals surface area contributed by atoms with E-state index in [1.165, 1.54) is 22.4 Å². The SMILES string of the molecule is CCn1nc(C)c(CN(C)Cc2cncc(C(C)(C)C)c2)c1C. The first-order chi connectivity index (χ1) is 10.7. The van der Waals surface area contributed by atoms with E-state index in [1.54, 1.807) is 0 Å². The summed E-state index contributed by atoms with van der Waals surface area (Å²) in [6.45, 7) is 15.8. The van der Waals surface area contributed by atoms with Gasteiger partial charge in [0.05, 0.1) is 5.69 Å². The van der Waals surface area contributed by atoms with Gasteiger partial charge in [-0.05, 0) is 44.4 Å². The van der Waals surface area contributed by atoms with E-state index < -0.39 is 0 Å². The van der Waals surface area contributed by atoms with Gasteiger partial charge in [0.15, 0.2) is 0 Å². The number of aryl methyl sites for hydroxylation is 2. The zero-order valence-corrected chi connectivity index (χ0v) is 15.6. The van der Waals surface area contributed by atoms with Crippen LogP contribution in [0, 0.1) is 13.8 Å². The highest BCUT2D eigenvalue weighted by molar-refractivity contribution is 5.26.